The van der Waals surface area contributed by atoms with E-state index < -0.39 is 11.8 Å². The van der Waals surface area contributed by atoms with Crippen molar-refractivity contribution in [1.29, 1.82) is 0 Å². The van der Waals surface area contributed by atoms with Crippen LogP contribution in [0, 0.1) is 0 Å². The van der Waals surface area contributed by atoms with Gasteiger partial charge in [-0.1, -0.05) is 18.7 Å². The molecule has 0 aromatic heterocycles. The Bertz CT molecular complexity index is 441. The summed E-state index contributed by atoms with van der Waals surface area (Å²) in [7, 11) is 0. The SMILES string of the molecule is C=C(O)CNC(=O)c1ccccc1C(N)=O. The molecule has 2 amide bonds. The van der Waals surface area contributed by atoms with E-state index in [9.17, 15) is 9.59 Å². The molecule has 0 saturated heterocycles. The number of hydrogen-bond donors (Lipinski definition) is 3. The zero-order valence-corrected chi connectivity index (χ0v) is 8.56. The van der Waals surface area contributed by atoms with Crippen LogP contribution in [0.15, 0.2) is 36.6 Å². The molecule has 0 atom stereocenters. The molecule has 5 heteroatoms. The summed E-state index contributed by atoms with van der Waals surface area (Å²) in [5.41, 5.74) is 5.44. The minimum atomic E-state index is -0.673. The molecule has 1 aromatic rings. The number of carbonyl (C=O) groups is 2. The molecule has 0 fully saturated rings. The van der Waals surface area contributed by atoms with Crippen LogP contribution in [0.1, 0.15) is 20.7 Å². The van der Waals surface area contributed by atoms with E-state index in [4.69, 9.17) is 10.8 Å². The summed E-state index contributed by atoms with van der Waals surface area (Å²) in [4.78, 5) is 22.6. The monoisotopic (exact) mass is 220 g/mol. The lowest BCUT2D eigenvalue weighted by molar-refractivity contribution is 0.0935. The number of nitrogens with two attached hydrogens (primary N) is 1. The van der Waals surface area contributed by atoms with Crippen LogP contribution >= 0.6 is 0 Å². The molecule has 1 rings (SSSR count). The Morgan fingerprint density at radius 3 is 2.38 bits per heavy atom. The smallest absolute Gasteiger partial charge is 0.252 e. The number of aliphatic hydroxyl groups is 1. The molecule has 1 aromatic carbocycles. The Balaban J connectivity index is 2.90. The quantitative estimate of drug-likeness (QED) is 0.648. The molecule has 0 bridgehead atoms. The molecule has 0 radical (unpaired) electrons. The van der Waals surface area contributed by atoms with Gasteiger partial charge in [-0.3, -0.25) is 9.59 Å². The Morgan fingerprint density at radius 2 is 1.88 bits per heavy atom. The Morgan fingerprint density at radius 1 is 1.31 bits per heavy atom. The Kier molecular flexibility index (Phi) is 3.66. The third kappa shape index (κ3) is 2.84. The van der Waals surface area contributed by atoms with Crippen LogP contribution < -0.4 is 11.1 Å². The van der Waals surface area contributed by atoms with E-state index >= 15 is 0 Å². The first-order valence-corrected chi connectivity index (χ1v) is 4.56. The number of aliphatic hydroxyl groups excluding tert-OH is 1. The van der Waals surface area contributed by atoms with Gasteiger partial charge in [0.05, 0.1) is 17.7 Å². The van der Waals surface area contributed by atoms with E-state index in [-0.39, 0.29) is 23.4 Å². The lowest BCUT2D eigenvalue weighted by atomic mass is 10.1. The van der Waals surface area contributed by atoms with E-state index in [1.165, 1.54) is 12.1 Å². The van der Waals surface area contributed by atoms with Gasteiger partial charge in [0, 0.05) is 0 Å². The van der Waals surface area contributed by atoms with Gasteiger partial charge < -0.3 is 16.2 Å². The van der Waals surface area contributed by atoms with E-state index in [0.717, 1.165) is 0 Å². The summed E-state index contributed by atoms with van der Waals surface area (Å²) in [5, 5.41) is 11.2. The van der Waals surface area contributed by atoms with E-state index in [2.05, 4.69) is 11.9 Å². The fourth-order valence-corrected chi connectivity index (χ4v) is 1.17. The van der Waals surface area contributed by atoms with Gasteiger partial charge in [-0.05, 0) is 12.1 Å². The van der Waals surface area contributed by atoms with Gasteiger partial charge in [-0.2, -0.15) is 0 Å². The molecule has 0 unspecified atom stereocenters. The highest BCUT2D eigenvalue weighted by atomic mass is 16.3. The van der Waals surface area contributed by atoms with Gasteiger partial charge in [0.1, 0.15) is 5.76 Å². The van der Waals surface area contributed by atoms with Crippen LogP contribution in [0.2, 0.25) is 0 Å². The molecule has 84 valence electrons. The van der Waals surface area contributed by atoms with E-state index in [0.29, 0.717) is 0 Å². The molecule has 16 heavy (non-hydrogen) atoms. The van der Waals surface area contributed by atoms with Gasteiger partial charge in [0.25, 0.3) is 5.91 Å². The third-order valence-corrected chi connectivity index (χ3v) is 1.89. The van der Waals surface area contributed by atoms with E-state index in [1.807, 2.05) is 0 Å². The molecule has 0 aliphatic heterocycles. The number of nitrogens with one attached hydrogen (secondary N) is 1. The minimum Gasteiger partial charge on any atom is -0.511 e. The first-order valence-electron chi connectivity index (χ1n) is 4.56. The van der Waals surface area contributed by atoms with Crippen molar-refractivity contribution < 1.29 is 14.7 Å². The second kappa shape index (κ2) is 4.97. The van der Waals surface area contributed by atoms with Crippen molar-refractivity contribution in [3.63, 3.8) is 0 Å². The highest BCUT2D eigenvalue weighted by molar-refractivity contribution is 6.06. The van der Waals surface area contributed by atoms with Gasteiger partial charge in [-0.25, -0.2) is 0 Å². The zero-order valence-electron chi connectivity index (χ0n) is 8.56. The number of benzene rings is 1. The number of rotatable bonds is 4. The van der Waals surface area contributed by atoms with Gasteiger partial charge >= 0.3 is 0 Å². The first-order chi connectivity index (χ1) is 7.52. The number of amides is 2. The molecule has 5 nitrogen and oxygen atoms in total. The second-order valence-corrected chi connectivity index (χ2v) is 3.16. The highest BCUT2D eigenvalue weighted by Crippen LogP contribution is 2.07. The van der Waals surface area contributed by atoms with Crippen LogP contribution in [-0.2, 0) is 0 Å². The molecular formula is C11H12N2O3. The predicted octanol–water partition coefficient (Wildman–Crippen LogP) is 0.587. The van der Waals surface area contributed by atoms with Crippen molar-refractivity contribution >= 4 is 11.8 Å². The summed E-state index contributed by atoms with van der Waals surface area (Å²) < 4.78 is 0. The average molecular weight is 220 g/mol. The molecule has 0 heterocycles. The average Bonchev–Trinajstić information content (AvgIpc) is 2.25. The molecule has 0 spiro atoms. The van der Waals surface area contributed by atoms with Gasteiger partial charge in [0.15, 0.2) is 0 Å². The standard InChI is InChI=1S/C11H12N2O3/c1-7(14)6-13-11(16)9-5-3-2-4-8(9)10(12)15/h2-5,14H,1,6H2,(H2,12,15)(H,13,16). The topological polar surface area (TPSA) is 92.4 Å². The highest BCUT2D eigenvalue weighted by Gasteiger charge is 2.13. The summed E-state index contributed by atoms with van der Waals surface area (Å²) >= 11 is 0. The maximum atomic E-state index is 11.6. The van der Waals surface area contributed by atoms with Crippen molar-refractivity contribution in [1.82, 2.24) is 5.32 Å². The summed E-state index contributed by atoms with van der Waals surface area (Å²) in [5.74, 6) is -1.32. The van der Waals surface area contributed by atoms with Crippen LogP contribution in [-0.4, -0.2) is 23.5 Å². The zero-order chi connectivity index (χ0) is 12.1. The molecule has 0 aliphatic carbocycles. The van der Waals surface area contributed by atoms with Crippen molar-refractivity contribution in [3.8, 4) is 0 Å². The second-order valence-electron chi connectivity index (χ2n) is 3.16. The van der Waals surface area contributed by atoms with E-state index in [1.54, 1.807) is 12.1 Å². The molecule has 0 aliphatic rings. The normalized spacial score (nSPS) is 9.50. The molecule has 4 N–H and O–H groups in total. The van der Waals surface area contributed by atoms with Crippen LogP contribution in [0.3, 0.4) is 0 Å². The minimum absolute atomic E-state index is 0.0636. The van der Waals surface area contributed by atoms with Crippen molar-refractivity contribution in [3.05, 3.63) is 47.7 Å². The fourth-order valence-electron chi connectivity index (χ4n) is 1.17. The lowest BCUT2D eigenvalue weighted by Gasteiger charge is -2.07. The number of carbonyl (C=O) groups excluding carboxylic acids is 2. The fraction of sp³-hybridized carbons (Fsp3) is 0.0909. The summed E-state index contributed by atoms with van der Waals surface area (Å²) in [6, 6.07) is 6.18. The molecule has 0 saturated carbocycles. The Labute approximate surface area is 92.6 Å². The van der Waals surface area contributed by atoms with Gasteiger partial charge in [-0.15, -0.1) is 0 Å². The van der Waals surface area contributed by atoms with Crippen molar-refractivity contribution in [2.45, 2.75) is 0 Å². The van der Waals surface area contributed by atoms with Crippen molar-refractivity contribution in [2.24, 2.45) is 5.73 Å². The van der Waals surface area contributed by atoms with Crippen LogP contribution in [0.25, 0.3) is 0 Å². The largest absolute Gasteiger partial charge is 0.511 e. The first kappa shape index (κ1) is 11.8. The Hall–Kier alpha value is -2.30. The summed E-state index contributed by atoms with van der Waals surface area (Å²) in [6.07, 6.45) is 0. The maximum absolute atomic E-state index is 11.6. The van der Waals surface area contributed by atoms with Crippen LogP contribution in [0.5, 0.6) is 0 Å². The lowest BCUT2D eigenvalue weighted by Crippen LogP contribution is -2.28. The number of primary amides is 1. The number of hydrogen-bond acceptors (Lipinski definition) is 3. The third-order valence-electron chi connectivity index (χ3n) is 1.89. The van der Waals surface area contributed by atoms with Crippen molar-refractivity contribution in [2.75, 3.05) is 6.54 Å². The maximum Gasteiger partial charge on any atom is 0.252 e. The van der Waals surface area contributed by atoms with Gasteiger partial charge in [0.2, 0.25) is 5.91 Å². The van der Waals surface area contributed by atoms with Crippen LogP contribution in [0.4, 0.5) is 0 Å². The predicted molar refractivity (Wildman–Crippen MR) is 59.1 cm³/mol. The summed E-state index contributed by atoms with van der Waals surface area (Å²) in [6.45, 7) is 3.16. The molecular weight excluding hydrogens is 208 g/mol.